The lowest BCUT2D eigenvalue weighted by Gasteiger charge is -2.14. The molecule has 11 aromatic rings. The zero-order valence-electron chi connectivity index (χ0n) is 28.0. The van der Waals surface area contributed by atoms with Crippen molar-refractivity contribution in [3.8, 4) is 45.2 Å². The van der Waals surface area contributed by atoms with Gasteiger partial charge in [-0.15, -0.1) is 0 Å². The van der Waals surface area contributed by atoms with Gasteiger partial charge in [0.2, 0.25) is 0 Å². The normalized spacial score (nSPS) is 11.8. The Morgan fingerprint density at radius 1 is 0.308 bits per heavy atom. The predicted octanol–water partition coefficient (Wildman–Crippen LogP) is 12.3. The van der Waals surface area contributed by atoms with Gasteiger partial charge >= 0.3 is 0 Å². The van der Waals surface area contributed by atoms with Gasteiger partial charge in [0.15, 0.2) is 5.82 Å². The molecule has 240 valence electrons. The second-order valence-electron chi connectivity index (χ2n) is 13.4. The van der Waals surface area contributed by atoms with Gasteiger partial charge in [-0.3, -0.25) is 0 Å². The van der Waals surface area contributed by atoms with E-state index in [0.29, 0.717) is 5.82 Å². The van der Waals surface area contributed by atoms with E-state index in [4.69, 9.17) is 19.9 Å². The Kier molecular flexibility index (Phi) is 6.22. The molecule has 8 aromatic carbocycles. The Labute approximate surface area is 299 Å². The van der Waals surface area contributed by atoms with Crippen LogP contribution in [0.2, 0.25) is 0 Å². The number of hydrogen-bond donors (Lipinski definition) is 0. The zero-order chi connectivity index (χ0) is 34.2. The lowest BCUT2D eigenvalue weighted by atomic mass is 9.91. The van der Waals surface area contributed by atoms with Crippen molar-refractivity contribution in [2.45, 2.75) is 0 Å². The van der Waals surface area contributed by atoms with E-state index in [0.717, 1.165) is 72.0 Å². The molecule has 0 fully saturated rings. The molecule has 4 heteroatoms. The Balaban J connectivity index is 1.01. The summed E-state index contributed by atoms with van der Waals surface area (Å²) in [5.74, 6) is 0.699. The van der Waals surface area contributed by atoms with Gasteiger partial charge < -0.3 is 0 Å². The van der Waals surface area contributed by atoms with Crippen LogP contribution in [0.15, 0.2) is 170 Å². The third kappa shape index (κ3) is 4.48. The van der Waals surface area contributed by atoms with E-state index in [9.17, 15) is 0 Å². The number of pyridine rings is 2. The monoisotopic (exact) mass is 660 g/mol. The van der Waals surface area contributed by atoms with E-state index in [2.05, 4.69) is 133 Å². The second kappa shape index (κ2) is 11.2. The number of benzene rings is 8. The highest BCUT2D eigenvalue weighted by Gasteiger charge is 2.15. The van der Waals surface area contributed by atoms with Crippen molar-refractivity contribution in [2.24, 2.45) is 0 Å². The van der Waals surface area contributed by atoms with Crippen LogP contribution in [0.1, 0.15) is 0 Å². The fourth-order valence-corrected chi connectivity index (χ4v) is 7.85. The largest absolute Gasteiger partial charge is 0.245 e. The average molecular weight is 661 g/mol. The number of fused-ring (bicyclic) bond motifs is 4. The molecular formula is C48H28N4. The van der Waals surface area contributed by atoms with Gasteiger partial charge in [0.25, 0.3) is 0 Å². The molecule has 0 saturated carbocycles. The molecule has 0 radical (unpaired) electrons. The first-order chi connectivity index (χ1) is 25.7. The summed E-state index contributed by atoms with van der Waals surface area (Å²) >= 11 is 0. The summed E-state index contributed by atoms with van der Waals surface area (Å²) in [5, 5.41) is 10.8. The number of nitrogens with zero attached hydrogens (tertiary/aromatic N) is 4. The molecule has 0 saturated heterocycles. The molecule has 4 nitrogen and oxygen atoms in total. The summed E-state index contributed by atoms with van der Waals surface area (Å²) in [4.78, 5) is 20.6. The van der Waals surface area contributed by atoms with Gasteiger partial charge in [0.05, 0.1) is 33.6 Å². The summed E-state index contributed by atoms with van der Waals surface area (Å²) in [6, 6.07) is 59.6. The van der Waals surface area contributed by atoms with Gasteiger partial charge in [0.1, 0.15) is 0 Å². The minimum absolute atomic E-state index is 0.699. The molecule has 0 bridgehead atoms. The third-order valence-electron chi connectivity index (χ3n) is 10.4. The van der Waals surface area contributed by atoms with Gasteiger partial charge in [-0.25, -0.2) is 19.9 Å². The molecule has 0 amide bonds. The first-order valence-electron chi connectivity index (χ1n) is 17.6. The summed E-state index contributed by atoms with van der Waals surface area (Å²) in [7, 11) is 0. The van der Waals surface area contributed by atoms with Crippen molar-refractivity contribution in [3.63, 3.8) is 0 Å². The Morgan fingerprint density at radius 2 is 0.904 bits per heavy atom. The van der Waals surface area contributed by atoms with Crippen LogP contribution in [0.25, 0.3) is 110 Å². The molecule has 0 aliphatic carbocycles. The van der Waals surface area contributed by atoms with Crippen molar-refractivity contribution < 1.29 is 0 Å². The van der Waals surface area contributed by atoms with Gasteiger partial charge in [-0.05, 0) is 50.5 Å². The topological polar surface area (TPSA) is 51.6 Å². The molecule has 3 heterocycles. The molecular weight excluding hydrogens is 633 g/mol. The maximum atomic E-state index is 5.32. The lowest BCUT2D eigenvalue weighted by molar-refractivity contribution is 1.23. The third-order valence-corrected chi connectivity index (χ3v) is 10.4. The maximum absolute atomic E-state index is 5.32. The van der Waals surface area contributed by atoms with Crippen LogP contribution in [-0.4, -0.2) is 19.9 Å². The Bertz CT molecular complexity index is 3150. The molecule has 0 spiro atoms. The number of para-hydroxylation sites is 1. The molecule has 0 aliphatic heterocycles. The number of rotatable bonds is 4. The Morgan fingerprint density at radius 3 is 1.69 bits per heavy atom. The van der Waals surface area contributed by atoms with E-state index < -0.39 is 0 Å². The van der Waals surface area contributed by atoms with Crippen molar-refractivity contribution in [1.82, 2.24) is 19.9 Å². The SMILES string of the molecule is c1ccc(-c2nc(-c3ccc(-c4ccc5ccc6ccc(-c7ccc8ccc9cccc%10ccc7c8c9%10)nc6c5n4)cc3)nc3ccccc23)cc1. The molecule has 0 aliphatic rings. The van der Waals surface area contributed by atoms with E-state index in [1.165, 1.54) is 32.3 Å². The van der Waals surface area contributed by atoms with E-state index in [1.54, 1.807) is 0 Å². The molecule has 0 N–H and O–H groups in total. The Hall–Kier alpha value is -7.04. The summed E-state index contributed by atoms with van der Waals surface area (Å²) in [6.45, 7) is 0. The highest BCUT2D eigenvalue weighted by molar-refractivity contribution is 6.25. The summed E-state index contributed by atoms with van der Waals surface area (Å²) in [6.07, 6.45) is 0. The van der Waals surface area contributed by atoms with Gasteiger partial charge in [-0.2, -0.15) is 0 Å². The maximum Gasteiger partial charge on any atom is 0.160 e. The number of aromatic nitrogens is 4. The second-order valence-corrected chi connectivity index (χ2v) is 13.4. The van der Waals surface area contributed by atoms with Crippen molar-refractivity contribution in [1.29, 1.82) is 0 Å². The fourth-order valence-electron chi connectivity index (χ4n) is 7.85. The van der Waals surface area contributed by atoms with Crippen LogP contribution in [0.4, 0.5) is 0 Å². The summed E-state index contributed by atoms with van der Waals surface area (Å²) in [5.41, 5.74) is 9.67. The van der Waals surface area contributed by atoms with Crippen LogP contribution in [0, 0.1) is 0 Å². The van der Waals surface area contributed by atoms with Gasteiger partial charge in [-0.1, -0.05) is 152 Å². The summed E-state index contributed by atoms with van der Waals surface area (Å²) < 4.78 is 0. The molecule has 0 unspecified atom stereocenters. The lowest BCUT2D eigenvalue weighted by Crippen LogP contribution is -1.95. The smallest absolute Gasteiger partial charge is 0.160 e. The van der Waals surface area contributed by atoms with Crippen LogP contribution >= 0.6 is 0 Å². The first-order valence-corrected chi connectivity index (χ1v) is 17.6. The van der Waals surface area contributed by atoms with Crippen LogP contribution < -0.4 is 0 Å². The van der Waals surface area contributed by atoms with Crippen molar-refractivity contribution in [3.05, 3.63) is 170 Å². The van der Waals surface area contributed by atoms with Crippen LogP contribution in [0.3, 0.4) is 0 Å². The van der Waals surface area contributed by atoms with E-state index in [1.807, 2.05) is 36.4 Å². The predicted molar refractivity (Wildman–Crippen MR) is 216 cm³/mol. The molecule has 0 atom stereocenters. The average Bonchev–Trinajstić information content (AvgIpc) is 3.22. The van der Waals surface area contributed by atoms with Crippen LogP contribution in [0.5, 0.6) is 0 Å². The van der Waals surface area contributed by atoms with E-state index in [-0.39, 0.29) is 0 Å². The van der Waals surface area contributed by atoms with Crippen LogP contribution in [-0.2, 0) is 0 Å². The quantitative estimate of drug-likeness (QED) is 0.176. The van der Waals surface area contributed by atoms with Crippen molar-refractivity contribution >= 4 is 65.0 Å². The standard InChI is InChI=1S/C48H28N4/c1-2-7-33(8-3-1)45-39-11-4-5-12-41(39)51-48(52-45)36-19-13-29(14-20-36)40-27-23-34-17-18-35-24-28-42(50-47(35)46(34)49-40)37-25-21-32-16-15-30-9-6-10-31-22-26-38(37)44(32)43(30)31/h1-28H. The zero-order valence-corrected chi connectivity index (χ0v) is 28.0. The molecule has 11 rings (SSSR count). The highest BCUT2D eigenvalue weighted by atomic mass is 14.9. The van der Waals surface area contributed by atoms with Crippen molar-refractivity contribution in [2.75, 3.05) is 0 Å². The van der Waals surface area contributed by atoms with Gasteiger partial charge in [0, 0.05) is 38.4 Å². The number of hydrogen-bond acceptors (Lipinski definition) is 4. The fraction of sp³-hybridized carbons (Fsp3) is 0. The van der Waals surface area contributed by atoms with E-state index >= 15 is 0 Å². The molecule has 3 aromatic heterocycles. The molecule has 52 heavy (non-hydrogen) atoms. The highest BCUT2D eigenvalue weighted by Crippen LogP contribution is 2.39. The minimum Gasteiger partial charge on any atom is -0.245 e. The first kappa shape index (κ1) is 28.8. The minimum atomic E-state index is 0.699.